The molecule has 0 saturated heterocycles. The van der Waals surface area contributed by atoms with Crippen molar-refractivity contribution >= 4 is 66.7 Å². The molecule has 3 aromatic heterocycles. The van der Waals surface area contributed by atoms with Gasteiger partial charge in [0.1, 0.15) is 0 Å². The van der Waals surface area contributed by atoms with Crippen molar-refractivity contribution in [2.45, 2.75) is 181 Å². The van der Waals surface area contributed by atoms with E-state index < -0.39 is 0 Å². The lowest BCUT2D eigenvalue weighted by atomic mass is 9.34. The van der Waals surface area contributed by atoms with Crippen molar-refractivity contribution in [1.29, 1.82) is 0 Å². The largest absolute Gasteiger partial charge is 0.310 e. The molecule has 2 saturated carbocycles. The molecule has 0 radical (unpaired) electrons. The Labute approximate surface area is 539 Å². The monoisotopic (exact) mass is 1190 g/mol. The van der Waals surface area contributed by atoms with E-state index in [0.29, 0.717) is 29.3 Å². The van der Waals surface area contributed by atoms with Crippen LogP contribution in [-0.4, -0.2) is 30.8 Å². The van der Waals surface area contributed by atoms with Crippen LogP contribution in [0.5, 0.6) is 0 Å². The molecular weight excluding hydrogens is 1100 g/mol. The van der Waals surface area contributed by atoms with Crippen LogP contribution in [0.2, 0.25) is 0 Å². The molecule has 0 amide bonds. The summed E-state index contributed by atoms with van der Waals surface area (Å²) in [6.07, 6.45) is 12.7. The molecule has 2 fully saturated rings. The van der Waals surface area contributed by atoms with E-state index in [9.17, 15) is 0 Å². The van der Waals surface area contributed by atoms with Gasteiger partial charge in [-0.1, -0.05) is 219 Å². The van der Waals surface area contributed by atoms with Crippen LogP contribution in [0.4, 0.5) is 0 Å². The molecule has 4 aliphatic rings. The topological polar surface area (TPSA) is 48.5 Å². The first-order chi connectivity index (χ1) is 43.6. The molecule has 0 N–H and O–H groups in total. The van der Waals surface area contributed by atoms with E-state index >= 15 is 0 Å². The van der Waals surface area contributed by atoms with Gasteiger partial charge in [0.25, 0.3) is 6.71 Å². The van der Waals surface area contributed by atoms with Crippen molar-refractivity contribution in [3.8, 4) is 67.8 Å². The molecule has 5 heterocycles. The molecule has 0 atom stereocenters. The van der Waals surface area contributed by atoms with Crippen LogP contribution >= 0.6 is 0 Å². The van der Waals surface area contributed by atoms with Gasteiger partial charge in [0.05, 0.1) is 11.0 Å². The molecule has 6 heteroatoms. The van der Waals surface area contributed by atoms with Crippen molar-refractivity contribution in [1.82, 2.24) is 24.1 Å². The van der Waals surface area contributed by atoms with Gasteiger partial charge in [-0.15, -0.1) is 0 Å². The van der Waals surface area contributed by atoms with Gasteiger partial charge in [-0.05, 0) is 204 Å². The first-order valence-corrected chi connectivity index (χ1v) is 34.2. The van der Waals surface area contributed by atoms with Crippen molar-refractivity contribution in [3.63, 3.8) is 0 Å². The van der Waals surface area contributed by atoms with Gasteiger partial charge in [-0.3, -0.25) is 0 Å². The smallest absolute Gasteiger partial charge is 0.252 e. The van der Waals surface area contributed by atoms with E-state index in [1.807, 2.05) is 0 Å². The maximum Gasteiger partial charge on any atom is 0.252 e. The van der Waals surface area contributed by atoms with Gasteiger partial charge in [0, 0.05) is 60.6 Å². The number of fused-ring (bicyclic) bond motifs is 10. The van der Waals surface area contributed by atoms with E-state index in [0.717, 1.165) is 16.7 Å². The molecule has 16 rings (SSSR count). The van der Waals surface area contributed by atoms with Gasteiger partial charge in [0.15, 0.2) is 17.5 Å². The minimum absolute atomic E-state index is 0.0247. The highest BCUT2D eigenvalue weighted by Crippen LogP contribution is 2.47. The normalized spacial score (nSPS) is 15.6. The summed E-state index contributed by atoms with van der Waals surface area (Å²) >= 11 is 0. The van der Waals surface area contributed by atoms with Crippen LogP contribution in [0.25, 0.3) is 111 Å². The standard InChI is InChI=1S/C85H86BN5/c1-82(2,3)62-37-59(38-63(49-62)83(4,5)6)79-87-80(60-39-64(84(7,8)9)50-65(40-60)85(10,11)12)89-81(88-79)61-47-74-76-75(48-61)91-73-36-34-56(52-27-19-14-20-28-52)42-67(73)69-44-58(54-31-23-16-24-32-54)46-71(78(69)91)86(76)70-45-57(53-29-21-15-22-30-53)43-68-66-41-55(51-25-17-13-18-26-51)33-35-72(66)90(74)77(68)70/h13-14,17-20,25-28,33-50,53-54H,15-16,21-24,29-32H2,1-12H3. The zero-order chi connectivity index (χ0) is 62.6. The van der Waals surface area contributed by atoms with E-state index in [2.05, 4.69) is 262 Å². The van der Waals surface area contributed by atoms with Gasteiger partial charge >= 0.3 is 0 Å². The molecular formula is C85H86BN5. The molecule has 91 heavy (non-hydrogen) atoms. The Morgan fingerprint density at radius 2 is 0.681 bits per heavy atom. The summed E-state index contributed by atoms with van der Waals surface area (Å²) in [6.45, 7) is 27.8. The Bertz CT molecular complexity index is 4550. The zero-order valence-electron chi connectivity index (χ0n) is 55.7. The summed E-state index contributed by atoms with van der Waals surface area (Å²) in [6, 6.07) is 66.5. The average molecular weight is 1190 g/mol. The fraction of sp³-hybridized carbons (Fsp3) is 0.329. The van der Waals surface area contributed by atoms with Gasteiger partial charge in [-0.2, -0.15) is 0 Å². The predicted octanol–water partition coefficient (Wildman–Crippen LogP) is 20.8. The number of benzene rings is 9. The highest BCUT2D eigenvalue weighted by molar-refractivity contribution is 7.00. The molecule has 5 nitrogen and oxygen atoms in total. The Balaban J connectivity index is 1.05. The van der Waals surface area contributed by atoms with Crippen LogP contribution < -0.4 is 16.4 Å². The summed E-state index contributed by atoms with van der Waals surface area (Å²) in [5, 5.41) is 5.32. The third kappa shape index (κ3) is 9.82. The van der Waals surface area contributed by atoms with E-state index in [1.165, 1.54) is 191 Å². The number of rotatable bonds is 7. The van der Waals surface area contributed by atoms with Crippen molar-refractivity contribution in [2.24, 2.45) is 0 Å². The van der Waals surface area contributed by atoms with Gasteiger partial charge < -0.3 is 9.13 Å². The third-order valence-corrected chi connectivity index (χ3v) is 21.5. The molecule has 0 bridgehead atoms. The summed E-state index contributed by atoms with van der Waals surface area (Å²) in [5.74, 6) is 3.08. The fourth-order valence-corrected chi connectivity index (χ4v) is 16.2. The van der Waals surface area contributed by atoms with Crippen LogP contribution in [-0.2, 0) is 21.7 Å². The minimum Gasteiger partial charge on any atom is -0.310 e. The molecule has 2 aliphatic carbocycles. The van der Waals surface area contributed by atoms with Crippen LogP contribution in [0.3, 0.4) is 0 Å². The lowest BCUT2D eigenvalue weighted by molar-refractivity contribution is 0.444. The van der Waals surface area contributed by atoms with Crippen LogP contribution in [0.15, 0.2) is 170 Å². The van der Waals surface area contributed by atoms with E-state index in [1.54, 1.807) is 0 Å². The number of nitrogens with zero attached hydrogens (tertiary/aromatic N) is 5. The quantitative estimate of drug-likeness (QED) is 0.149. The van der Waals surface area contributed by atoms with E-state index in [4.69, 9.17) is 15.0 Å². The summed E-state index contributed by atoms with van der Waals surface area (Å²) in [7, 11) is 0. The third-order valence-electron chi connectivity index (χ3n) is 21.5. The van der Waals surface area contributed by atoms with E-state index in [-0.39, 0.29) is 28.4 Å². The van der Waals surface area contributed by atoms with Crippen LogP contribution in [0, 0.1) is 0 Å². The Morgan fingerprint density at radius 3 is 1.03 bits per heavy atom. The Morgan fingerprint density at radius 1 is 0.330 bits per heavy atom. The van der Waals surface area contributed by atoms with Gasteiger partial charge in [-0.25, -0.2) is 15.0 Å². The fourth-order valence-electron chi connectivity index (χ4n) is 16.2. The number of aromatic nitrogens is 5. The zero-order valence-corrected chi connectivity index (χ0v) is 55.7. The summed E-state index contributed by atoms with van der Waals surface area (Å²) in [5.41, 5.74) is 27.3. The second-order valence-electron chi connectivity index (χ2n) is 31.8. The molecule has 454 valence electrons. The number of hydrogen-bond acceptors (Lipinski definition) is 3. The van der Waals surface area contributed by atoms with Crippen LogP contribution in [0.1, 0.15) is 193 Å². The lowest BCUT2D eigenvalue weighted by Gasteiger charge is -2.35. The summed E-state index contributed by atoms with van der Waals surface area (Å²) in [4.78, 5) is 17.3. The number of hydrogen-bond donors (Lipinski definition) is 0. The first kappa shape index (κ1) is 57.8. The molecule has 12 aromatic rings. The van der Waals surface area contributed by atoms with Crippen molar-refractivity contribution in [2.75, 3.05) is 0 Å². The second kappa shape index (κ2) is 21.1. The maximum atomic E-state index is 5.81. The lowest BCUT2D eigenvalue weighted by Crippen LogP contribution is -2.59. The summed E-state index contributed by atoms with van der Waals surface area (Å²) < 4.78 is 5.36. The second-order valence-corrected chi connectivity index (χ2v) is 31.8. The first-order valence-electron chi connectivity index (χ1n) is 34.2. The highest BCUT2D eigenvalue weighted by atomic mass is 15.1. The van der Waals surface area contributed by atoms with Crippen molar-refractivity contribution in [3.05, 3.63) is 203 Å². The molecule has 0 spiro atoms. The Hall–Kier alpha value is -8.35. The minimum atomic E-state index is -0.116. The molecule has 9 aromatic carbocycles. The van der Waals surface area contributed by atoms with Crippen molar-refractivity contribution < 1.29 is 0 Å². The SMILES string of the molecule is CC(C)(C)c1cc(-c2nc(-c3cc(C(C)(C)C)cc(C(C)(C)C)c3)nc(-c3cc4c5c(c3)-n3c6ccc(-c7ccccc7)cc6c6cc(C7CCCCC7)cc(c63)B5c3cc(C5CCCCC5)cc5c6cc(-c7ccccc7)ccc6n-4c35)n2)cc(C(C)(C)C)c1. The Kier molecular flexibility index (Phi) is 13.4. The van der Waals surface area contributed by atoms with Gasteiger partial charge in [0.2, 0.25) is 0 Å². The molecule has 2 aliphatic heterocycles. The highest BCUT2D eigenvalue weighted by Gasteiger charge is 2.43. The predicted molar refractivity (Wildman–Crippen MR) is 387 cm³/mol. The average Bonchev–Trinajstić information content (AvgIpc) is 1.57. The maximum absolute atomic E-state index is 5.81. The molecule has 0 unspecified atom stereocenters.